The lowest BCUT2D eigenvalue weighted by molar-refractivity contribution is -0.138. The average molecular weight is 570 g/mol. The Morgan fingerprint density at radius 2 is 1.71 bits per heavy atom. The maximum absolute atomic E-state index is 13.4. The van der Waals surface area contributed by atoms with Crippen molar-refractivity contribution in [2.24, 2.45) is 0 Å². The van der Waals surface area contributed by atoms with Gasteiger partial charge in [0.2, 0.25) is 0 Å². The molecule has 0 saturated heterocycles. The van der Waals surface area contributed by atoms with Crippen LogP contribution in [0.5, 0.6) is 5.75 Å². The van der Waals surface area contributed by atoms with Crippen LogP contribution < -0.4 is 4.74 Å². The second-order valence-electron chi connectivity index (χ2n) is 9.22. The molecule has 0 unspecified atom stereocenters. The third kappa shape index (κ3) is 9.22. The molecule has 0 amide bonds. The summed E-state index contributed by atoms with van der Waals surface area (Å²) in [6.07, 6.45) is -4.00. The Labute approximate surface area is 232 Å². The first-order chi connectivity index (χ1) is 17.5. The van der Waals surface area contributed by atoms with E-state index in [1.165, 1.54) is 6.07 Å². The van der Waals surface area contributed by atoms with Gasteiger partial charge in [0.15, 0.2) is 0 Å². The molecule has 9 heteroatoms. The van der Waals surface area contributed by atoms with Crippen LogP contribution in [0, 0.1) is 0 Å². The number of ether oxygens (including phenoxy) is 1. The molecule has 0 saturated carbocycles. The van der Waals surface area contributed by atoms with Crippen LogP contribution in [0.1, 0.15) is 48.4 Å². The molecule has 0 bridgehead atoms. The summed E-state index contributed by atoms with van der Waals surface area (Å²) in [5.41, 5.74) is 1.38. The van der Waals surface area contributed by atoms with E-state index in [0.717, 1.165) is 11.6 Å². The highest BCUT2D eigenvalue weighted by molar-refractivity contribution is 6.32. The van der Waals surface area contributed by atoms with Crippen LogP contribution in [0.15, 0.2) is 72.8 Å². The fourth-order valence-electron chi connectivity index (χ4n) is 4.23. The van der Waals surface area contributed by atoms with Gasteiger partial charge >= 0.3 is 12.1 Å². The molecular weight excluding hydrogens is 538 g/mol. The summed E-state index contributed by atoms with van der Waals surface area (Å²) in [6.45, 7) is 5.35. The van der Waals surface area contributed by atoms with Gasteiger partial charge in [0, 0.05) is 19.1 Å². The van der Waals surface area contributed by atoms with Gasteiger partial charge in [0.1, 0.15) is 5.75 Å². The Morgan fingerprint density at radius 3 is 2.37 bits per heavy atom. The molecule has 0 fully saturated rings. The van der Waals surface area contributed by atoms with Crippen molar-refractivity contribution in [3.8, 4) is 5.75 Å². The minimum atomic E-state index is -4.52. The predicted molar refractivity (Wildman–Crippen MR) is 146 cm³/mol. The van der Waals surface area contributed by atoms with Crippen molar-refractivity contribution in [1.82, 2.24) is 4.90 Å². The zero-order valence-electron chi connectivity index (χ0n) is 21.2. The summed E-state index contributed by atoms with van der Waals surface area (Å²) in [7, 11) is 0. The van der Waals surface area contributed by atoms with Gasteiger partial charge < -0.3 is 9.84 Å². The Balaban J connectivity index is 0.00000507. The summed E-state index contributed by atoms with van der Waals surface area (Å²) in [5, 5.41) is 8.73. The Bertz CT molecular complexity index is 1180. The molecule has 206 valence electrons. The number of carboxylic acid groups (broad SMARTS) is 1. The molecule has 0 aromatic heterocycles. The van der Waals surface area contributed by atoms with Crippen molar-refractivity contribution >= 4 is 30.0 Å². The van der Waals surface area contributed by atoms with Gasteiger partial charge in [-0.05, 0) is 54.2 Å². The minimum absolute atomic E-state index is 0. The quantitative estimate of drug-likeness (QED) is 0.241. The van der Waals surface area contributed by atoms with Gasteiger partial charge in [-0.15, -0.1) is 12.4 Å². The van der Waals surface area contributed by atoms with Gasteiger partial charge in [-0.3, -0.25) is 9.69 Å². The maximum atomic E-state index is 13.4. The van der Waals surface area contributed by atoms with Crippen LogP contribution in [0.2, 0.25) is 5.02 Å². The highest BCUT2D eigenvalue weighted by Crippen LogP contribution is 2.37. The van der Waals surface area contributed by atoms with Crippen molar-refractivity contribution in [3.63, 3.8) is 0 Å². The molecular formula is C29H32Cl2F3NO3. The van der Waals surface area contributed by atoms with Gasteiger partial charge in [-0.25, -0.2) is 0 Å². The lowest BCUT2D eigenvalue weighted by Gasteiger charge is -2.32. The molecule has 0 aliphatic carbocycles. The summed E-state index contributed by atoms with van der Waals surface area (Å²) in [6, 6.07) is 20.9. The SMILES string of the molecule is C[C@H](CCOc1cccc(CC(=O)O)c1)N(Cc1cccc(C(F)(F)F)c1Cl)C[C@H](C)c1ccccc1.Cl. The molecule has 0 spiro atoms. The molecule has 3 aromatic carbocycles. The molecule has 38 heavy (non-hydrogen) atoms. The Morgan fingerprint density at radius 1 is 1.03 bits per heavy atom. The van der Waals surface area contributed by atoms with E-state index < -0.39 is 17.7 Å². The summed E-state index contributed by atoms with van der Waals surface area (Å²) < 4.78 is 46.2. The van der Waals surface area contributed by atoms with Crippen LogP contribution in [-0.4, -0.2) is 35.2 Å². The number of benzene rings is 3. The third-order valence-corrected chi connectivity index (χ3v) is 6.76. The Hall–Kier alpha value is -2.74. The number of hydrogen-bond donors (Lipinski definition) is 1. The average Bonchev–Trinajstić information content (AvgIpc) is 2.84. The van der Waals surface area contributed by atoms with E-state index in [0.29, 0.717) is 36.4 Å². The molecule has 0 heterocycles. The van der Waals surface area contributed by atoms with Crippen molar-refractivity contribution in [3.05, 3.63) is 100 Å². The van der Waals surface area contributed by atoms with Crippen LogP contribution >= 0.6 is 24.0 Å². The maximum Gasteiger partial charge on any atom is 0.417 e. The Kier molecular flexibility index (Phi) is 11.9. The lowest BCUT2D eigenvalue weighted by Crippen LogP contribution is -2.36. The summed E-state index contributed by atoms with van der Waals surface area (Å²) in [5.74, 6) is -0.194. The highest BCUT2D eigenvalue weighted by Gasteiger charge is 2.34. The summed E-state index contributed by atoms with van der Waals surface area (Å²) >= 11 is 6.22. The van der Waals surface area contributed by atoms with E-state index in [2.05, 4.69) is 11.8 Å². The van der Waals surface area contributed by atoms with Crippen molar-refractivity contribution in [2.45, 2.75) is 51.4 Å². The molecule has 0 aliphatic rings. The second kappa shape index (κ2) is 14.4. The van der Waals surface area contributed by atoms with E-state index in [9.17, 15) is 18.0 Å². The highest BCUT2D eigenvalue weighted by atomic mass is 35.5. The van der Waals surface area contributed by atoms with Crippen LogP contribution in [0.3, 0.4) is 0 Å². The first-order valence-corrected chi connectivity index (χ1v) is 12.5. The van der Waals surface area contributed by atoms with Crippen molar-refractivity contribution < 1.29 is 27.8 Å². The van der Waals surface area contributed by atoms with Crippen LogP contribution in [0.4, 0.5) is 13.2 Å². The first-order valence-electron chi connectivity index (χ1n) is 12.1. The summed E-state index contributed by atoms with van der Waals surface area (Å²) in [4.78, 5) is 13.1. The monoisotopic (exact) mass is 569 g/mol. The molecule has 1 N–H and O–H groups in total. The van der Waals surface area contributed by atoms with E-state index >= 15 is 0 Å². The van der Waals surface area contributed by atoms with Gasteiger partial charge in [-0.1, -0.05) is 73.1 Å². The van der Waals surface area contributed by atoms with Crippen LogP contribution in [0.25, 0.3) is 0 Å². The smallest absolute Gasteiger partial charge is 0.417 e. The largest absolute Gasteiger partial charge is 0.494 e. The van der Waals surface area contributed by atoms with Crippen molar-refractivity contribution in [2.75, 3.05) is 13.2 Å². The zero-order valence-corrected chi connectivity index (χ0v) is 22.8. The topological polar surface area (TPSA) is 49.8 Å². The number of carboxylic acids is 1. The molecule has 0 aliphatic heterocycles. The standard InChI is InChI=1S/C29H31ClF3NO3.ClH/c1-20(23-9-4-3-5-10-23)18-34(19-24-11-7-13-26(28(24)30)29(31,32)33)21(2)14-15-37-25-12-6-8-22(16-25)17-27(35)36;/h3-13,16,20-21H,14-15,17-19H2,1-2H3,(H,35,36);1H/t20-,21+;/m0./s1. The van der Waals surface area contributed by atoms with Gasteiger partial charge in [0.25, 0.3) is 0 Å². The molecule has 4 nitrogen and oxygen atoms in total. The first kappa shape index (κ1) is 31.5. The number of carbonyl (C=O) groups is 1. The van der Waals surface area contributed by atoms with Gasteiger partial charge in [-0.2, -0.15) is 13.2 Å². The van der Waals surface area contributed by atoms with Crippen molar-refractivity contribution in [1.29, 1.82) is 0 Å². The molecule has 2 atom stereocenters. The third-order valence-electron chi connectivity index (χ3n) is 6.32. The normalized spacial score (nSPS) is 13.0. The number of rotatable bonds is 12. The zero-order chi connectivity index (χ0) is 27.0. The predicted octanol–water partition coefficient (Wildman–Crippen LogP) is 7.87. The number of halogens is 5. The second-order valence-corrected chi connectivity index (χ2v) is 9.60. The van der Waals surface area contributed by atoms with Crippen LogP contribution in [-0.2, 0) is 23.9 Å². The van der Waals surface area contributed by atoms with E-state index in [4.69, 9.17) is 21.4 Å². The molecule has 0 radical (unpaired) electrons. The van der Waals surface area contributed by atoms with Gasteiger partial charge in [0.05, 0.1) is 23.6 Å². The molecule has 3 rings (SSSR count). The van der Waals surface area contributed by atoms with E-state index in [1.54, 1.807) is 30.3 Å². The fraction of sp³-hybridized carbons (Fsp3) is 0.345. The number of alkyl halides is 3. The number of hydrogen-bond acceptors (Lipinski definition) is 3. The fourth-order valence-corrected chi connectivity index (χ4v) is 4.52. The number of nitrogens with zero attached hydrogens (tertiary/aromatic N) is 1. The van der Waals surface area contributed by atoms with E-state index in [1.807, 2.05) is 37.3 Å². The van der Waals surface area contributed by atoms with E-state index in [-0.39, 0.29) is 42.4 Å². The number of aliphatic carboxylic acids is 1. The molecule has 3 aromatic rings. The lowest BCUT2D eigenvalue weighted by atomic mass is 9.99. The minimum Gasteiger partial charge on any atom is -0.494 e.